The zero-order valence-electron chi connectivity index (χ0n) is 40.3. The predicted molar refractivity (Wildman–Crippen MR) is 256 cm³/mol. The quantitative estimate of drug-likeness (QED) is 0.0450. The first-order chi connectivity index (χ1) is 35.4. The number of alkyl carbamates (subject to hydrolysis) is 1. The number of anilines is 1. The van der Waals surface area contributed by atoms with Crippen LogP contribution < -0.4 is 25.8 Å². The SMILES string of the molecule is CC(C)(C)OC(=O)NC[C@@H](C(=O)NCCC(=O)Nc1cc(C[n+]2ccn3cc(C(=O)NCc4ccc(S(=O)(=O)c5cc(F)cc(F)c5)cc4)ccc32)ccc1C[C@@H]1O[C@H](C(=O)O)[C@@H](O)[C@H](O)[C@H]1O)N1C(=O)C=CC1=O. The number of carboxylic acids is 1. The molecule has 25 heteroatoms. The number of aliphatic hydroxyl groups excluding tert-OH is 3. The summed E-state index contributed by atoms with van der Waals surface area (Å²) in [6.45, 7) is 4.19. The second-order valence-corrected chi connectivity index (χ2v) is 20.5. The summed E-state index contributed by atoms with van der Waals surface area (Å²) in [4.78, 5) is 89.5. The van der Waals surface area contributed by atoms with Crippen molar-refractivity contribution in [2.45, 2.75) is 98.7 Å². The van der Waals surface area contributed by atoms with Crippen LogP contribution in [0.4, 0.5) is 19.3 Å². The Balaban J connectivity index is 1.03. The molecule has 396 valence electrons. The molecule has 22 nitrogen and oxygen atoms in total. The van der Waals surface area contributed by atoms with Crippen molar-refractivity contribution in [1.29, 1.82) is 0 Å². The molecular weight excluding hydrogens is 1010 g/mol. The van der Waals surface area contributed by atoms with Gasteiger partial charge in [-0.1, -0.05) is 24.3 Å². The van der Waals surface area contributed by atoms with Crippen molar-refractivity contribution in [2.24, 2.45) is 0 Å². The van der Waals surface area contributed by atoms with Crippen LogP contribution in [0.1, 0.15) is 54.2 Å². The van der Waals surface area contributed by atoms with Gasteiger partial charge < -0.3 is 51.2 Å². The van der Waals surface area contributed by atoms with Crippen LogP contribution in [0.2, 0.25) is 0 Å². The summed E-state index contributed by atoms with van der Waals surface area (Å²) in [6.07, 6.45) is -3.48. The van der Waals surface area contributed by atoms with E-state index >= 15 is 0 Å². The number of aliphatic hydroxyl groups is 3. The monoisotopic (exact) mass is 1060 g/mol. The van der Waals surface area contributed by atoms with E-state index in [2.05, 4.69) is 21.3 Å². The molecule has 1 saturated heterocycles. The van der Waals surface area contributed by atoms with E-state index in [0.717, 1.165) is 12.2 Å². The lowest BCUT2D eigenvalue weighted by Crippen LogP contribution is -2.60. The Labute approximate surface area is 426 Å². The number of imidazole rings is 1. The van der Waals surface area contributed by atoms with E-state index in [9.17, 15) is 71.2 Å². The number of nitrogens with one attached hydrogen (secondary N) is 4. The number of hydrogen-bond donors (Lipinski definition) is 8. The number of aromatic nitrogens is 2. The Morgan fingerprint density at radius 1 is 0.827 bits per heavy atom. The van der Waals surface area contributed by atoms with Crippen LogP contribution >= 0.6 is 0 Å². The summed E-state index contributed by atoms with van der Waals surface area (Å²) >= 11 is 0. The van der Waals surface area contributed by atoms with Gasteiger partial charge >= 0.3 is 12.1 Å². The highest BCUT2D eigenvalue weighted by molar-refractivity contribution is 7.91. The topological polar surface area (TPSA) is 313 Å². The molecule has 0 saturated carbocycles. The number of sulfone groups is 1. The van der Waals surface area contributed by atoms with E-state index in [1.807, 2.05) is 4.57 Å². The van der Waals surface area contributed by atoms with E-state index in [0.29, 0.717) is 45.4 Å². The molecule has 6 amide bonds. The lowest BCUT2D eigenvalue weighted by atomic mass is 9.90. The molecule has 3 aromatic carbocycles. The second kappa shape index (κ2) is 22.7. The fourth-order valence-electron chi connectivity index (χ4n) is 8.16. The van der Waals surface area contributed by atoms with Gasteiger partial charge in [0.2, 0.25) is 21.7 Å². The molecule has 8 N–H and O–H groups in total. The van der Waals surface area contributed by atoms with Crippen LogP contribution in [-0.2, 0) is 62.8 Å². The molecule has 0 radical (unpaired) electrons. The minimum atomic E-state index is -4.23. The Bertz CT molecular complexity index is 3160. The highest BCUT2D eigenvalue weighted by Crippen LogP contribution is 2.29. The van der Waals surface area contributed by atoms with Gasteiger partial charge in [-0.05, 0) is 73.9 Å². The average molecular weight is 1060 g/mol. The van der Waals surface area contributed by atoms with Crippen LogP contribution in [0.3, 0.4) is 0 Å². The third-order valence-corrected chi connectivity index (χ3v) is 13.6. The molecule has 6 atom stereocenters. The largest absolute Gasteiger partial charge is 0.479 e. The van der Waals surface area contributed by atoms with Gasteiger partial charge in [-0.2, -0.15) is 0 Å². The molecule has 7 rings (SSSR count). The number of rotatable bonds is 18. The maximum atomic E-state index is 13.7. The summed E-state index contributed by atoms with van der Waals surface area (Å²) < 4.78 is 67.6. The van der Waals surface area contributed by atoms with Crippen molar-refractivity contribution in [3.05, 3.63) is 137 Å². The normalized spacial score (nSPS) is 19.1. The molecule has 4 heterocycles. The first-order valence-corrected chi connectivity index (χ1v) is 24.6. The molecule has 0 bridgehead atoms. The Kier molecular flexibility index (Phi) is 16.5. The van der Waals surface area contributed by atoms with Crippen LogP contribution in [0.5, 0.6) is 0 Å². The molecule has 5 aromatic rings. The Hall–Kier alpha value is -7.97. The zero-order chi connectivity index (χ0) is 54.5. The van der Waals surface area contributed by atoms with Gasteiger partial charge in [0, 0.05) is 55.9 Å². The first-order valence-electron chi connectivity index (χ1n) is 23.1. The van der Waals surface area contributed by atoms with E-state index in [-0.39, 0.29) is 48.6 Å². The number of fused-ring (bicyclic) bond motifs is 1. The van der Waals surface area contributed by atoms with Gasteiger partial charge in [-0.25, -0.2) is 35.8 Å². The van der Waals surface area contributed by atoms with Crippen LogP contribution in [0, 0.1) is 11.6 Å². The van der Waals surface area contributed by atoms with E-state index in [4.69, 9.17) is 9.47 Å². The van der Waals surface area contributed by atoms with E-state index < -0.39 is 117 Å². The van der Waals surface area contributed by atoms with Gasteiger partial charge in [0.25, 0.3) is 23.4 Å². The van der Waals surface area contributed by atoms with Crippen molar-refractivity contribution in [2.75, 3.05) is 18.4 Å². The maximum absolute atomic E-state index is 13.7. The Morgan fingerprint density at radius 3 is 2.15 bits per heavy atom. The highest BCUT2D eigenvalue weighted by atomic mass is 32.2. The van der Waals surface area contributed by atoms with Crippen LogP contribution in [-0.4, -0.2) is 135 Å². The fraction of sp³-hybridized carbons (Fsp3) is 0.320. The maximum Gasteiger partial charge on any atom is 0.407 e. The zero-order valence-corrected chi connectivity index (χ0v) is 41.1. The van der Waals surface area contributed by atoms with Crippen molar-refractivity contribution in [3.8, 4) is 0 Å². The number of halogens is 2. The number of carbonyl (C=O) groups is 7. The number of ether oxygens (including phenoxy) is 2. The number of aliphatic carboxylic acids is 1. The smallest absolute Gasteiger partial charge is 0.407 e. The third kappa shape index (κ3) is 13.2. The lowest BCUT2D eigenvalue weighted by Gasteiger charge is -2.39. The fourth-order valence-corrected chi connectivity index (χ4v) is 9.46. The summed E-state index contributed by atoms with van der Waals surface area (Å²) in [5.74, 6) is -7.28. The minimum Gasteiger partial charge on any atom is -0.479 e. The second-order valence-electron chi connectivity index (χ2n) is 18.5. The van der Waals surface area contributed by atoms with Crippen molar-refractivity contribution < 1.29 is 85.2 Å². The molecule has 0 unspecified atom stereocenters. The number of carboxylic acid groups (broad SMARTS) is 1. The number of amides is 6. The predicted octanol–water partition coefficient (Wildman–Crippen LogP) is 1.06. The van der Waals surface area contributed by atoms with Crippen LogP contribution in [0.15, 0.2) is 113 Å². The van der Waals surface area contributed by atoms with Crippen molar-refractivity contribution in [3.63, 3.8) is 0 Å². The molecular formula is C50H52F2N7O15S+. The van der Waals surface area contributed by atoms with Gasteiger partial charge in [0.1, 0.15) is 66.7 Å². The summed E-state index contributed by atoms with van der Waals surface area (Å²) in [5.41, 5.74) is 1.59. The molecule has 2 aliphatic rings. The third-order valence-electron chi connectivity index (χ3n) is 11.9. The first kappa shape index (κ1) is 54.8. The number of imide groups is 1. The molecule has 75 heavy (non-hydrogen) atoms. The lowest BCUT2D eigenvalue weighted by molar-refractivity contribution is -0.661. The van der Waals surface area contributed by atoms with Crippen molar-refractivity contribution >= 4 is 62.8 Å². The number of carbonyl (C=O) groups excluding carboxylic acids is 6. The Morgan fingerprint density at radius 2 is 1.49 bits per heavy atom. The van der Waals surface area contributed by atoms with Gasteiger partial charge in [-0.15, -0.1) is 0 Å². The van der Waals surface area contributed by atoms with Gasteiger partial charge in [0.15, 0.2) is 6.10 Å². The number of benzene rings is 3. The summed E-state index contributed by atoms with van der Waals surface area (Å²) in [5, 5.41) is 51.6. The number of pyridine rings is 1. The van der Waals surface area contributed by atoms with Gasteiger partial charge in [-0.3, -0.25) is 28.9 Å². The van der Waals surface area contributed by atoms with E-state index in [1.54, 1.807) is 74.1 Å². The molecule has 0 spiro atoms. The van der Waals surface area contributed by atoms with E-state index in [1.165, 1.54) is 24.3 Å². The summed E-state index contributed by atoms with van der Waals surface area (Å²) in [7, 11) is -4.23. The standard InChI is InChI=1S/C50H51F2N7O15S/c1-50(2,3)74-49(70)55-24-36(59-40(61)12-13-41(59)62)47(67)53-15-14-38(60)56-35-18-28(4-7-29(35)19-37-42(63)43(64)44(65)45(73-37)48(68)69)25-57-16-17-58-26-30(8-11-39(57)58)46(66)54-23-27-5-9-33(10-6-27)75(71,72)34-21-31(51)20-32(52)22-34/h4-13,16-18,20-22,26,36-37,42-45,63-65H,14-15,19,23-25H2,1-3H3,(H4-,53,54,55,56,60,66,67,68,69,70)/p+1/t36-,37-,42-,43+,44-,45-/m0/s1. The summed E-state index contributed by atoms with van der Waals surface area (Å²) in [6, 6.07) is 14.0. The molecule has 2 aliphatic heterocycles. The number of nitrogens with zero attached hydrogens (tertiary/aromatic N) is 3. The van der Waals surface area contributed by atoms with Crippen molar-refractivity contribution in [1.82, 2.24) is 25.3 Å². The molecule has 0 aliphatic carbocycles. The average Bonchev–Trinajstić information content (AvgIpc) is 3.90. The van der Waals surface area contributed by atoms with Crippen LogP contribution in [0.25, 0.3) is 5.65 Å². The highest BCUT2D eigenvalue weighted by Gasteiger charge is 2.47. The number of hydrogen-bond acceptors (Lipinski definition) is 14. The van der Waals surface area contributed by atoms with Gasteiger partial charge in [0.05, 0.1) is 28.0 Å². The molecule has 2 aromatic heterocycles. The molecule has 1 fully saturated rings. The minimum absolute atomic E-state index is 0.00598.